The minimum atomic E-state index is -0.384. The fraction of sp³-hybridized carbons (Fsp3) is 0.344. The van der Waals surface area contributed by atoms with E-state index in [9.17, 15) is 14.0 Å². The molecule has 2 N–H and O–H groups in total. The van der Waals surface area contributed by atoms with Gasteiger partial charge in [-0.15, -0.1) is 11.3 Å². The molecule has 2 amide bonds. The molecule has 0 bridgehead atoms. The number of rotatable bonds is 8. The number of benzene rings is 2. The number of carbonyl (C=O) groups is 2. The second-order valence-electron chi connectivity index (χ2n) is 10.6. The van der Waals surface area contributed by atoms with Gasteiger partial charge < -0.3 is 20.3 Å². The first-order valence-corrected chi connectivity index (χ1v) is 15.2. The number of pyridine rings is 1. The van der Waals surface area contributed by atoms with Gasteiger partial charge in [-0.1, -0.05) is 23.7 Å². The molecule has 10 heteroatoms. The lowest BCUT2D eigenvalue weighted by molar-refractivity contribution is 0.0604. The van der Waals surface area contributed by atoms with Crippen molar-refractivity contribution in [3.63, 3.8) is 0 Å². The number of ether oxygens (including phenoxy) is 1. The zero-order valence-corrected chi connectivity index (χ0v) is 25.7. The zero-order chi connectivity index (χ0) is 30.0. The average Bonchev–Trinajstić information content (AvgIpc) is 3.39. The molecule has 4 aromatic rings. The SMILES string of the molecule is CNC(=O)c1cc(-c2ccc(OC)c(CN(C(=O)c3sc4c(F)ccc(C)c4c3Cl)[C@H]3CC[C@H](NC)CC3)c2)ccn1. The molecule has 1 saturated carbocycles. The number of thiophene rings is 1. The number of aromatic nitrogens is 1. The summed E-state index contributed by atoms with van der Waals surface area (Å²) in [6, 6.07) is 12.8. The van der Waals surface area contributed by atoms with Crippen LogP contribution in [0.3, 0.4) is 0 Å². The Morgan fingerprint density at radius 2 is 1.83 bits per heavy atom. The Morgan fingerprint density at radius 1 is 1.10 bits per heavy atom. The second kappa shape index (κ2) is 12.8. The molecular weight excluding hydrogens is 575 g/mol. The van der Waals surface area contributed by atoms with Crippen molar-refractivity contribution in [2.75, 3.05) is 21.2 Å². The highest BCUT2D eigenvalue weighted by Crippen LogP contribution is 2.41. The Bertz CT molecular complexity index is 1630. The van der Waals surface area contributed by atoms with Crippen LogP contribution in [0.1, 0.15) is 57.0 Å². The smallest absolute Gasteiger partial charge is 0.269 e. The summed E-state index contributed by atoms with van der Waals surface area (Å²) in [5.74, 6) is -0.228. The van der Waals surface area contributed by atoms with Gasteiger partial charge >= 0.3 is 0 Å². The molecule has 0 saturated heterocycles. The van der Waals surface area contributed by atoms with Gasteiger partial charge in [0.1, 0.15) is 22.1 Å². The van der Waals surface area contributed by atoms with Crippen molar-refractivity contribution in [1.29, 1.82) is 0 Å². The van der Waals surface area contributed by atoms with Crippen molar-refractivity contribution in [2.45, 2.75) is 51.2 Å². The lowest BCUT2D eigenvalue weighted by atomic mass is 9.89. The van der Waals surface area contributed by atoms with Crippen LogP contribution in [0.15, 0.2) is 48.7 Å². The highest BCUT2D eigenvalue weighted by atomic mass is 35.5. The second-order valence-corrected chi connectivity index (χ2v) is 12.0. The lowest BCUT2D eigenvalue weighted by Gasteiger charge is -2.37. The molecule has 1 aliphatic rings. The largest absolute Gasteiger partial charge is 0.496 e. The Labute approximate surface area is 254 Å². The first-order chi connectivity index (χ1) is 20.2. The predicted molar refractivity (Wildman–Crippen MR) is 166 cm³/mol. The topological polar surface area (TPSA) is 83.6 Å². The van der Waals surface area contributed by atoms with Gasteiger partial charge in [0.15, 0.2) is 0 Å². The number of aryl methyl sites for hydroxylation is 1. The maximum Gasteiger partial charge on any atom is 0.269 e. The first kappa shape index (κ1) is 29.9. The van der Waals surface area contributed by atoms with Crippen molar-refractivity contribution >= 4 is 44.8 Å². The van der Waals surface area contributed by atoms with Crippen molar-refractivity contribution < 1.29 is 18.7 Å². The fourth-order valence-electron chi connectivity index (χ4n) is 5.73. The van der Waals surface area contributed by atoms with E-state index in [4.69, 9.17) is 16.3 Å². The van der Waals surface area contributed by atoms with E-state index in [2.05, 4.69) is 15.6 Å². The molecule has 7 nitrogen and oxygen atoms in total. The van der Waals surface area contributed by atoms with Gasteiger partial charge in [-0.25, -0.2) is 4.39 Å². The van der Waals surface area contributed by atoms with E-state index in [1.165, 1.54) is 6.07 Å². The van der Waals surface area contributed by atoms with Gasteiger partial charge in [-0.05, 0) is 86.7 Å². The summed E-state index contributed by atoms with van der Waals surface area (Å²) in [6.07, 6.45) is 5.14. The Morgan fingerprint density at radius 3 is 2.50 bits per heavy atom. The Balaban J connectivity index is 1.56. The highest BCUT2D eigenvalue weighted by molar-refractivity contribution is 7.21. The van der Waals surface area contributed by atoms with Crippen LogP contribution in [0.2, 0.25) is 5.02 Å². The molecule has 0 aliphatic heterocycles. The lowest BCUT2D eigenvalue weighted by Crippen LogP contribution is -2.44. The van der Waals surface area contributed by atoms with Crippen LogP contribution in [0, 0.1) is 12.7 Å². The molecule has 2 aromatic carbocycles. The molecule has 0 atom stereocenters. The van der Waals surface area contributed by atoms with Crippen molar-refractivity contribution in [2.24, 2.45) is 0 Å². The number of carbonyl (C=O) groups excluding carboxylic acids is 2. The summed E-state index contributed by atoms with van der Waals surface area (Å²) in [7, 11) is 5.14. The Hall–Kier alpha value is -3.53. The normalized spacial score (nSPS) is 16.8. The van der Waals surface area contributed by atoms with E-state index < -0.39 is 0 Å². The minimum Gasteiger partial charge on any atom is -0.496 e. The maximum atomic E-state index is 14.8. The van der Waals surface area contributed by atoms with Crippen LogP contribution < -0.4 is 15.4 Å². The third-order valence-corrected chi connectivity index (χ3v) is 9.79. The van der Waals surface area contributed by atoms with E-state index in [0.29, 0.717) is 37.5 Å². The number of amides is 2. The van der Waals surface area contributed by atoms with Crippen LogP contribution >= 0.6 is 22.9 Å². The molecule has 1 aliphatic carbocycles. The van der Waals surface area contributed by atoms with E-state index in [-0.39, 0.29) is 30.2 Å². The van der Waals surface area contributed by atoms with Gasteiger partial charge in [0.05, 0.1) is 16.8 Å². The summed E-state index contributed by atoms with van der Waals surface area (Å²) >= 11 is 7.91. The Kier molecular flexibility index (Phi) is 9.11. The quantitative estimate of drug-likeness (QED) is 0.235. The van der Waals surface area contributed by atoms with Gasteiger partial charge in [0.2, 0.25) is 0 Å². The summed E-state index contributed by atoms with van der Waals surface area (Å²) < 4.78 is 20.9. The third kappa shape index (κ3) is 5.86. The number of fused-ring (bicyclic) bond motifs is 1. The molecule has 5 rings (SSSR count). The van der Waals surface area contributed by atoms with Crippen molar-refractivity contribution in [1.82, 2.24) is 20.5 Å². The van der Waals surface area contributed by atoms with Crippen LogP contribution in [-0.4, -0.2) is 55.0 Å². The number of hydrogen-bond acceptors (Lipinski definition) is 6. The summed E-state index contributed by atoms with van der Waals surface area (Å²) in [6.45, 7) is 2.15. The molecule has 42 heavy (non-hydrogen) atoms. The fourth-order valence-corrected chi connectivity index (χ4v) is 7.35. The van der Waals surface area contributed by atoms with Gasteiger partial charge in [0.25, 0.3) is 11.8 Å². The van der Waals surface area contributed by atoms with E-state index in [1.807, 2.05) is 43.1 Å². The number of halogens is 2. The van der Waals surface area contributed by atoms with Gasteiger partial charge in [0, 0.05) is 42.8 Å². The molecule has 2 aromatic heterocycles. The molecule has 0 spiro atoms. The number of methoxy groups -OCH3 is 1. The van der Waals surface area contributed by atoms with Crippen LogP contribution in [0.25, 0.3) is 21.2 Å². The molecule has 0 unspecified atom stereocenters. The predicted octanol–water partition coefficient (Wildman–Crippen LogP) is 6.61. The standard InChI is InChI=1S/C32H34ClFN4O3S/c1-18-5-11-24(34)29-27(18)28(33)30(42-29)32(40)38(23-9-7-22(35-2)8-10-23)17-21-15-19(6-12-26(21)41-4)20-13-14-37-25(16-20)31(39)36-3/h5-6,11-16,22-23,35H,7-10,17H2,1-4H3,(H,36,39)/t22-,23-. The molecule has 1 fully saturated rings. The number of hydrogen-bond donors (Lipinski definition) is 2. The first-order valence-electron chi connectivity index (χ1n) is 14.0. The number of nitrogens with zero attached hydrogens (tertiary/aromatic N) is 2. The van der Waals surface area contributed by atoms with Gasteiger partial charge in [-0.2, -0.15) is 0 Å². The van der Waals surface area contributed by atoms with E-state index in [1.54, 1.807) is 32.5 Å². The molecular formula is C32H34ClFN4O3S. The molecule has 0 radical (unpaired) electrons. The van der Waals surface area contributed by atoms with Crippen LogP contribution in [0.5, 0.6) is 5.75 Å². The highest BCUT2D eigenvalue weighted by Gasteiger charge is 2.32. The van der Waals surface area contributed by atoms with Crippen molar-refractivity contribution in [3.05, 3.63) is 81.2 Å². The third-order valence-electron chi connectivity index (χ3n) is 8.12. The molecule has 2 heterocycles. The van der Waals surface area contributed by atoms with Crippen molar-refractivity contribution in [3.8, 4) is 16.9 Å². The summed E-state index contributed by atoms with van der Waals surface area (Å²) in [5.41, 5.74) is 3.64. The maximum absolute atomic E-state index is 14.8. The summed E-state index contributed by atoms with van der Waals surface area (Å²) in [4.78, 5) is 32.9. The minimum absolute atomic E-state index is 0.0246. The monoisotopic (exact) mass is 608 g/mol. The molecule has 220 valence electrons. The van der Waals surface area contributed by atoms with Crippen LogP contribution in [0.4, 0.5) is 4.39 Å². The summed E-state index contributed by atoms with van der Waals surface area (Å²) in [5, 5.41) is 6.85. The van der Waals surface area contributed by atoms with E-state index >= 15 is 0 Å². The van der Waals surface area contributed by atoms with Gasteiger partial charge in [-0.3, -0.25) is 14.6 Å². The number of nitrogens with one attached hydrogen (secondary N) is 2. The van der Waals surface area contributed by atoms with Crippen LogP contribution in [-0.2, 0) is 6.54 Å². The average molecular weight is 609 g/mol. The zero-order valence-electron chi connectivity index (χ0n) is 24.1. The van der Waals surface area contributed by atoms with E-state index in [0.717, 1.165) is 59.3 Å².